The molecule has 0 saturated carbocycles. The standard InChI is InChI=1S/C28H29NO6S/c1-28(18-17-20-9-13-23(30)14-10-20,29-19-26(32)22-11-15-24(31)16-12-22)35-36(33,34)27-8-4-6-21-5-2-3-7-25(21)27/h2-16,26,29-32H,17-19H2,1H3/t26?,28-/m1/s1. The Morgan fingerprint density at radius 3 is 2.17 bits per heavy atom. The third-order valence-corrected chi connectivity index (χ3v) is 7.57. The van der Waals surface area contributed by atoms with Crippen molar-refractivity contribution >= 4 is 20.9 Å². The van der Waals surface area contributed by atoms with Crippen molar-refractivity contribution in [2.45, 2.75) is 36.5 Å². The van der Waals surface area contributed by atoms with E-state index in [0.29, 0.717) is 17.4 Å². The summed E-state index contributed by atoms with van der Waals surface area (Å²) in [5.41, 5.74) is 0.107. The molecular formula is C28H29NO6S. The summed E-state index contributed by atoms with van der Waals surface area (Å²) in [6.07, 6.45) is -0.226. The van der Waals surface area contributed by atoms with Gasteiger partial charge in [-0.1, -0.05) is 60.7 Å². The molecular weight excluding hydrogens is 478 g/mol. The van der Waals surface area contributed by atoms with Gasteiger partial charge in [0.15, 0.2) is 0 Å². The van der Waals surface area contributed by atoms with Crippen molar-refractivity contribution in [2.24, 2.45) is 0 Å². The molecule has 7 nitrogen and oxygen atoms in total. The zero-order valence-corrected chi connectivity index (χ0v) is 20.7. The fraction of sp³-hybridized carbons (Fsp3) is 0.214. The molecule has 4 aromatic rings. The molecule has 0 radical (unpaired) electrons. The smallest absolute Gasteiger partial charge is 0.299 e. The van der Waals surface area contributed by atoms with Crippen molar-refractivity contribution in [3.05, 3.63) is 102 Å². The molecule has 8 heteroatoms. The predicted octanol–water partition coefficient (Wildman–Crippen LogP) is 4.63. The topological polar surface area (TPSA) is 116 Å². The Morgan fingerprint density at radius 1 is 0.861 bits per heavy atom. The molecule has 0 amide bonds. The minimum Gasteiger partial charge on any atom is -0.508 e. The van der Waals surface area contributed by atoms with Crippen molar-refractivity contribution in [1.29, 1.82) is 0 Å². The van der Waals surface area contributed by atoms with Crippen LogP contribution >= 0.6 is 0 Å². The highest BCUT2D eigenvalue weighted by Crippen LogP contribution is 2.29. The van der Waals surface area contributed by atoms with Gasteiger partial charge in [0, 0.05) is 11.9 Å². The van der Waals surface area contributed by atoms with E-state index >= 15 is 0 Å². The first-order valence-corrected chi connectivity index (χ1v) is 13.0. The van der Waals surface area contributed by atoms with Crippen LogP contribution in [0.4, 0.5) is 0 Å². The van der Waals surface area contributed by atoms with Gasteiger partial charge in [-0.2, -0.15) is 8.42 Å². The van der Waals surface area contributed by atoms with Gasteiger partial charge in [-0.3, -0.25) is 5.32 Å². The van der Waals surface area contributed by atoms with E-state index in [0.717, 1.165) is 10.9 Å². The van der Waals surface area contributed by atoms with E-state index in [4.69, 9.17) is 4.18 Å². The SMILES string of the molecule is C[C@@](CCc1ccc(O)cc1)(NCC(O)c1ccc(O)cc1)OS(=O)(=O)c1cccc2ccccc12. The number of phenolic OH excluding ortho intramolecular Hbond substituents is 2. The maximum absolute atomic E-state index is 13.5. The number of hydrogen-bond donors (Lipinski definition) is 4. The van der Waals surface area contributed by atoms with Gasteiger partial charge in [0.05, 0.1) is 6.10 Å². The van der Waals surface area contributed by atoms with E-state index in [1.165, 1.54) is 18.2 Å². The third-order valence-electron chi connectivity index (χ3n) is 6.09. The van der Waals surface area contributed by atoms with Crippen LogP contribution in [0.25, 0.3) is 10.8 Å². The van der Waals surface area contributed by atoms with Crippen LogP contribution in [0.2, 0.25) is 0 Å². The molecule has 0 aliphatic carbocycles. The first-order valence-electron chi connectivity index (χ1n) is 11.6. The minimum atomic E-state index is -4.19. The van der Waals surface area contributed by atoms with Crippen LogP contribution in [0.1, 0.15) is 30.6 Å². The van der Waals surface area contributed by atoms with E-state index in [1.54, 1.807) is 61.5 Å². The molecule has 0 spiro atoms. The first-order chi connectivity index (χ1) is 17.2. The van der Waals surface area contributed by atoms with Crippen LogP contribution in [-0.4, -0.2) is 36.0 Å². The van der Waals surface area contributed by atoms with Gasteiger partial charge in [-0.05, 0) is 66.6 Å². The summed E-state index contributed by atoms with van der Waals surface area (Å²) in [4.78, 5) is 0.0670. The number of aliphatic hydroxyl groups excluding tert-OH is 1. The Bertz CT molecular complexity index is 1420. The summed E-state index contributed by atoms with van der Waals surface area (Å²) < 4.78 is 32.8. The molecule has 36 heavy (non-hydrogen) atoms. The van der Waals surface area contributed by atoms with Crippen molar-refractivity contribution in [1.82, 2.24) is 5.32 Å². The minimum absolute atomic E-state index is 0.0158. The highest BCUT2D eigenvalue weighted by molar-refractivity contribution is 7.87. The van der Waals surface area contributed by atoms with Gasteiger partial charge >= 0.3 is 0 Å². The van der Waals surface area contributed by atoms with Crippen LogP contribution in [0.15, 0.2) is 95.9 Å². The lowest BCUT2D eigenvalue weighted by atomic mass is 10.0. The Hall–Kier alpha value is -3.43. The second kappa shape index (κ2) is 10.7. The van der Waals surface area contributed by atoms with Gasteiger partial charge in [0.1, 0.15) is 22.1 Å². The average Bonchev–Trinajstić information content (AvgIpc) is 2.87. The van der Waals surface area contributed by atoms with E-state index < -0.39 is 21.9 Å². The molecule has 1 unspecified atom stereocenters. The molecule has 4 N–H and O–H groups in total. The summed E-state index contributed by atoms with van der Waals surface area (Å²) in [6, 6.07) is 25.0. The number of nitrogens with one attached hydrogen (secondary N) is 1. The normalized spacial score (nSPS) is 14.4. The fourth-order valence-electron chi connectivity index (χ4n) is 4.03. The number of rotatable bonds is 10. The van der Waals surface area contributed by atoms with E-state index in [-0.39, 0.29) is 29.4 Å². The van der Waals surface area contributed by atoms with E-state index in [9.17, 15) is 23.7 Å². The van der Waals surface area contributed by atoms with Crippen molar-refractivity contribution in [2.75, 3.05) is 6.54 Å². The zero-order chi connectivity index (χ0) is 25.8. The first kappa shape index (κ1) is 25.7. The number of benzene rings is 4. The Balaban J connectivity index is 1.59. The maximum Gasteiger partial charge on any atom is 0.299 e. The molecule has 4 aromatic carbocycles. The highest BCUT2D eigenvalue weighted by Gasteiger charge is 2.33. The Morgan fingerprint density at radius 2 is 1.47 bits per heavy atom. The van der Waals surface area contributed by atoms with Crippen LogP contribution < -0.4 is 5.32 Å². The molecule has 0 bridgehead atoms. The van der Waals surface area contributed by atoms with Crippen LogP contribution in [-0.2, 0) is 20.7 Å². The van der Waals surface area contributed by atoms with Gasteiger partial charge in [-0.25, -0.2) is 4.18 Å². The molecule has 4 rings (SSSR count). The quantitative estimate of drug-likeness (QED) is 0.183. The molecule has 0 aromatic heterocycles. The monoisotopic (exact) mass is 507 g/mol. The number of hydrogen-bond acceptors (Lipinski definition) is 7. The number of aryl methyl sites for hydroxylation is 1. The van der Waals surface area contributed by atoms with Crippen molar-refractivity contribution in [3.8, 4) is 11.5 Å². The van der Waals surface area contributed by atoms with Crippen molar-refractivity contribution in [3.63, 3.8) is 0 Å². The van der Waals surface area contributed by atoms with Gasteiger partial charge in [0.25, 0.3) is 10.1 Å². The van der Waals surface area contributed by atoms with Gasteiger partial charge in [-0.15, -0.1) is 0 Å². The summed E-state index contributed by atoms with van der Waals surface area (Å²) >= 11 is 0. The van der Waals surface area contributed by atoms with Crippen LogP contribution in [0.3, 0.4) is 0 Å². The maximum atomic E-state index is 13.5. The van der Waals surface area contributed by atoms with Gasteiger partial charge < -0.3 is 15.3 Å². The van der Waals surface area contributed by atoms with Crippen LogP contribution in [0.5, 0.6) is 11.5 Å². The van der Waals surface area contributed by atoms with Crippen molar-refractivity contribution < 1.29 is 27.9 Å². The van der Waals surface area contributed by atoms with Crippen LogP contribution in [0, 0.1) is 0 Å². The predicted molar refractivity (Wildman–Crippen MR) is 138 cm³/mol. The Labute approximate surface area is 210 Å². The second-order valence-electron chi connectivity index (χ2n) is 8.90. The summed E-state index contributed by atoms with van der Waals surface area (Å²) in [6.45, 7) is 1.65. The summed E-state index contributed by atoms with van der Waals surface area (Å²) in [5, 5.41) is 34.2. The summed E-state index contributed by atoms with van der Waals surface area (Å²) in [5.74, 6) is 0.230. The molecule has 188 valence electrons. The lowest BCUT2D eigenvalue weighted by Crippen LogP contribution is -2.48. The average molecular weight is 508 g/mol. The van der Waals surface area contributed by atoms with Gasteiger partial charge in [0.2, 0.25) is 0 Å². The number of aromatic hydroxyl groups is 2. The Kier molecular flexibility index (Phi) is 7.61. The molecule has 0 saturated heterocycles. The zero-order valence-electron chi connectivity index (χ0n) is 19.8. The highest BCUT2D eigenvalue weighted by atomic mass is 32.2. The lowest BCUT2D eigenvalue weighted by molar-refractivity contribution is 0.0337. The third kappa shape index (κ3) is 6.22. The lowest BCUT2D eigenvalue weighted by Gasteiger charge is -2.31. The number of fused-ring (bicyclic) bond motifs is 1. The summed E-state index contributed by atoms with van der Waals surface area (Å²) in [7, 11) is -4.19. The molecule has 2 atom stereocenters. The van der Waals surface area contributed by atoms with E-state index in [1.807, 2.05) is 18.2 Å². The van der Waals surface area contributed by atoms with E-state index in [2.05, 4.69) is 5.32 Å². The largest absolute Gasteiger partial charge is 0.508 e. The molecule has 0 aliphatic heterocycles. The molecule has 0 heterocycles. The second-order valence-corrected chi connectivity index (χ2v) is 10.4. The number of phenols is 2. The number of aliphatic hydroxyl groups is 1. The fourth-order valence-corrected chi connectivity index (χ4v) is 5.45. The molecule has 0 aliphatic rings. The molecule has 0 fully saturated rings.